The smallest absolute Gasteiger partial charge is 0.224 e. The van der Waals surface area contributed by atoms with Gasteiger partial charge in [0.1, 0.15) is 0 Å². The van der Waals surface area contributed by atoms with Crippen molar-refractivity contribution >= 4 is 10.0 Å². The molecular formula is C9H21N3O2S. The Bertz CT molecular complexity index is 273. The van der Waals surface area contributed by atoms with Crippen molar-refractivity contribution in [2.45, 2.75) is 31.7 Å². The molecule has 0 bridgehead atoms. The zero-order valence-corrected chi connectivity index (χ0v) is 10.3. The molecule has 1 aliphatic rings. The van der Waals surface area contributed by atoms with Crippen LogP contribution in [0.15, 0.2) is 0 Å². The Balaban J connectivity index is 2.01. The summed E-state index contributed by atoms with van der Waals surface area (Å²) in [7, 11) is 0.228. The fourth-order valence-electron chi connectivity index (χ4n) is 1.33. The molecule has 15 heavy (non-hydrogen) atoms. The molecule has 6 heteroatoms. The van der Waals surface area contributed by atoms with Crippen molar-refractivity contribution in [3.8, 4) is 0 Å². The lowest BCUT2D eigenvalue weighted by Gasteiger charge is -2.12. The van der Waals surface area contributed by atoms with Crippen LogP contribution in [0.5, 0.6) is 0 Å². The summed E-state index contributed by atoms with van der Waals surface area (Å²) in [6.45, 7) is 0.933. The van der Waals surface area contributed by atoms with E-state index < -0.39 is 10.0 Å². The van der Waals surface area contributed by atoms with Gasteiger partial charge in [0.25, 0.3) is 0 Å². The number of sulfonamides is 1. The highest BCUT2D eigenvalue weighted by Gasteiger charge is 2.19. The molecule has 0 aromatic rings. The summed E-state index contributed by atoms with van der Waals surface area (Å²) < 4.78 is 22.8. The van der Waals surface area contributed by atoms with Gasteiger partial charge in [0.15, 0.2) is 0 Å². The molecule has 1 rings (SSSR count). The molecule has 0 radical (unpaired) electrons. The van der Waals surface area contributed by atoms with E-state index in [0.717, 1.165) is 13.0 Å². The number of hydrazine groups is 1. The quantitative estimate of drug-likeness (QED) is 0.456. The van der Waals surface area contributed by atoms with Crippen LogP contribution in [0.3, 0.4) is 0 Å². The van der Waals surface area contributed by atoms with Crippen LogP contribution < -0.4 is 10.1 Å². The number of nitrogens with one attached hydrogen (secondary N) is 2. The second kappa shape index (κ2) is 5.79. The molecule has 1 fully saturated rings. The zero-order chi connectivity index (χ0) is 11.3. The van der Waals surface area contributed by atoms with E-state index in [1.165, 1.54) is 17.9 Å². The Morgan fingerprint density at radius 2 is 1.93 bits per heavy atom. The SMILES string of the molecule is CN(C)NS(=O)(=O)CCCCNC1CC1. The van der Waals surface area contributed by atoms with Crippen LogP contribution in [-0.4, -0.2) is 45.9 Å². The van der Waals surface area contributed by atoms with Crippen LogP contribution >= 0.6 is 0 Å². The number of hydrogen-bond donors (Lipinski definition) is 2. The Kier molecular flexibility index (Phi) is 4.98. The second-order valence-electron chi connectivity index (χ2n) is 4.24. The van der Waals surface area contributed by atoms with Crippen molar-refractivity contribution in [2.24, 2.45) is 0 Å². The fourth-order valence-corrected chi connectivity index (χ4v) is 2.57. The van der Waals surface area contributed by atoms with Gasteiger partial charge in [-0.25, -0.2) is 13.4 Å². The molecule has 90 valence electrons. The molecule has 1 aliphatic carbocycles. The highest BCUT2D eigenvalue weighted by molar-refractivity contribution is 7.89. The second-order valence-corrected chi connectivity index (χ2v) is 6.06. The summed E-state index contributed by atoms with van der Waals surface area (Å²) in [6, 6.07) is 0.710. The number of nitrogens with zero attached hydrogens (tertiary/aromatic N) is 1. The van der Waals surface area contributed by atoms with E-state index in [-0.39, 0.29) is 5.75 Å². The average Bonchev–Trinajstić information content (AvgIpc) is 2.84. The van der Waals surface area contributed by atoms with Gasteiger partial charge in [-0.3, -0.25) is 0 Å². The zero-order valence-electron chi connectivity index (χ0n) is 9.49. The molecule has 0 saturated heterocycles. The number of rotatable bonds is 8. The maximum absolute atomic E-state index is 11.4. The minimum atomic E-state index is -3.12. The van der Waals surface area contributed by atoms with E-state index in [2.05, 4.69) is 10.1 Å². The predicted molar refractivity (Wildman–Crippen MR) is 60.9 cm³/mol. The van der Waals surface area contributed by atoms with Gasteiger partial charge in [-0.2, -0.15) is 0 Å². The van der Waals surface area contributed by atoms with Crippen LogP contribution in [0.25, 0.3) is 0 Å². The van der Waals surface area contributed by atoms with Gasteiger partial charge in [0.2, 0.25) is 10.0 Å². The third kappa shape index (κ3) is 6.83. The third-order valence-corrected chi connectivity index (χ3v) is 3.64. The first-order valence-electron chi connectivity index (χ1n) is 5.40. The highest BCUT2D eigenvalue weighted by Crippen LogP contribution is 2.18. The molecule has 0 spiro atoms. The molecule has 0 aromatic heterocycles. The van der Waals surface area contributed by atoms with Crippen molar-refractivity contribution in [1.82, 2.24) is 15.2 Å². The van der Waals surface area contributed by atoms with Crippen molar-refractivity contribution in [3.63, 3.8) is 0 Å². The van der Waals surface area contributed by atoms with Crippen LogP contribution in [0.1, 0.15) is 25.7 Å². The molecule has 0 aromatic carbocycles. The fraction of sp³-hybridized carbons (Fsp3) is 1.00. The summed E-state index contributed by atoms with van der Waals surface area (Å²) >= 11 is 0. The van der Waals surface area contributed by atoms with Crippen molar-refractivity contribution in [2.75, 3.05) is 26.4 Å². The lowest BCUT2D eigenvalue weighted by Crippen LogP contribution is -2.37. The standard InChI is InChI=1S/C9H21N3O2S/c1-12(2)11-15(13,14)8-4-3-7-10-9-5-6-9/h9-11H,3-8H2,1-2H3. The third-order valence-electron chi connectivity index (χ3n) is 2.17. The van der Waals surface area contributed by atoms with Gasteiger partial charge in [-0.05, 0) is 32.2 Å². The van der Waals surface area contributed by atoms with E-state index in [0.29, 0.717) is 12.5 Å². The first kappa shape index (κ1) is 12.9. The monoisotopic (exact) mass is 235 g/mol. The van der Waals surface area contributed by atoms with Crippen LogP contribution in [0, 0.1) is 0 Å². The lowest BCUT2D eigenvalue weighted by molar-refractivity contribution is 0.363. The van der Waals surface area contributed by atoms with Gasteiger partial charge in [0, 0.05) is 20.1 Å². The Morgan fingerprint density at radius 3 is 2.47 bits per heavy atom. The number of unbranched alkanes of at least 4 members (excludes halogenated alkanes) is 1. The van der Waals surface area contributed by atoms with E-state index in [9.17, 15) is 8.42 Å². The topological polar surface area (TPSA) is 61.4 Å². The van der Waals surface area contributed by atoms with Crippen molar-refractivity contribution in [1.29, 1.82) is 0 Å². The minimum Gasteiger partial charge on any atom is -0.314 e. The predicted octanol–water partition coefficient (Wildman–Crippen LogP) is -0.0854. The largest absolute Gasteiger partial charge is 0.314 e. The molecule has 0 heterocycles. The van der Waals surface area contributed by atoms with Gasteiger partial charge in [-0.1, -0.05) is 0 Å². The van der Waals surface area contributed by atoms with E-state index in [1.807, 2.05) is 0 Å². The maximum Gasteiger partial charge on any atom is 0.224 e. The molecular weight excluding hydrogens is 214 g/mol. The first-order valence-corrected chi connectivity index (χ1v) is 7.06. The van der Waals surface area contributed by atoms with Crippen LogP contribution in [-0.2, 0) is 10.0 Å². The Morgan fingerprint density at radius 1 is 1.27 bits per heavy atom. The van der Waals surface area contributed by atoms with E-state index in [1.54, 1.807) is 14.1 Å². The summed E-state index contributed by atoms with van der Waals surface area (Å²) in [5, 5.41) is 4.81. The molecule has 0 atom stereocenters. The van der Waals surface area contributed by atoms with E-state index in [4.69, 9.17) is 0 Å². The number of hydrogen-bond acceptors (Lipinski definition) is 4. The lowest BCUT2D eigenvalue weighted by atomic mass is 10.3. The van der Waals surface area contributed by atoms with Crippen LogP contribution in [0.2, 0.25) is 0 Å². The van der Waals surface area contributed by atoms with Crippen LogP contribution in [0.4, 0.5) is 0 Å². The molecule has 0 aliphatic heterocycles. The first-order chi connectivity index (χ1) is 6.99. The summed E-state index contributed by atoms with van der Waals surface area (Å²) in [4.78, 5) is 2.42. The van der Waals surface area contributed by atoms with Gasteiger partial charge < -0.3 is 5.32 Å². The normalized spacial score (nSPS) is 17.3. The molecule has 1 saturated carbocycles. The van der Waals surface area contributed by atoms with Gasteiger partial charge in [-0.15, -0.1) is 4.83 Å². The molecule has 0 amide bonds. The Hall–Kier alpha value is -0.170. The molecule has 5 nitrogen and oxygen atoms in total. The maximum atomic E-state index is 11.4. The summed E-state index contributed by atoms with van der Waals surface area (Å²) in [5.74, 6) is 0.206. The van der Waals surface area contributed by atoms with E-state index >= 15 is 0 Å². The molecule has 0 unspecified atom stereocenters. The van der Waals surface area contributed by atoms with Crippen molar-refractivity contribution in [3.05, 3.63) is 0 Å². The van der Waals surface area contributed by atoms with Crippen molar-refractivity contribution < 1.29 is 8.42 Å². The average molecular weight is 235 g/mol. The van der Waals surface area contributed by atoms with Gasteiger partial charge >= 0.3 is 0 Å². The molecule has 2 N–H and O–H groups in total. The minimum absolute atomic E-state index is 0.206. The summed E-state index contributed by atoms with van der Waals surface area (Å²) in [5.41, 5.74) is 0. The highest BCUT2D eigenvalue weighted by atomic mass is 32.2. The Labute approximate surface area is 92.2 Å². The summed E-state index contributed by atoms with van der Waals surface area (Å²) in [6.07, 6.45) is 4.19. The van der Waals surface area contributed by atoms with Gasteiger partial charge in [0.05, 0.1) is 5.75 Å².